The third kappa shape index (κ3) is 1.40. The molecule has 0 atom stereocenters. The third-order valence-corrected chi connectivity index (χ3v) is 1.76. The second-order valence-corrected chi connectivity index (χ2v) is 2.42. The summed E-state index contributed by atoms with van der Waals surface area (Å²) in [6.45, 7) is 2.06. The van der Waals surface area contributed by atoms with Gasteiger partial charge in [-0.3, -0.25) is 0 Å². The molecule has 11 heavy (non-hydrogen) atoms. The van der Waals surface area contributed by atoms with Gasteiger partial charge in [0, 0.05) is 17.5 Å². The molecule has 0 radical (unpaired) electrons. The molecule has 0 heterocycles. The van der Waals surface area contributed by atoms with E-state index in [1.54, 1.807) is 0 Å². The summed E-state index contributed by atoms with van der Waals surface area (Å²) >= 11 is 0. The van der Waals surface area contributed by atoms with Crippen molar-refractivity contribution in [2.75, 3.05) is 5.73 Å². The van der Waals surface area contributed by atoms with Gasteiger partial charge in [-0.2, -0.15) is 0 Å². The van der Waals surface area contributed by atoms with E-state index in [9.17, 15) is 0 Å². The zero-order valence-electron chi connectivity index (χ0n) is 6.59. The highest BCUT2D eigenvalue weighted by molar-refractivity contribution is 5.86. The summed E-state index contributed by atoms with van der Waals surface area (Å²) in [5.74, 6) is 0. The normalized spacial score (nSPS) is 9.55. The zero-order chi connectivity index (χ0) is 8.27. The van der Waals surface area contributed by atoms with Crippen LogP contribution >= 0.6 is 0 Å². The fraction of sp³-hybridized carbons (Fsp3) is 0.222. The topological polar surface area (TPSA) is 49.9 Å². The lowest BCUT2D eigenvalue weighted by molar-refractivity contribution is 1.13. The Morgan fingerprint density at radius 2 is 2.27 bits per heavy atom. The van der Waals surface area contributed by atoms with Crippen LogP contribution in [0.15, 0.2) is 18.2 Å². The Labute approximate surface area is 66.6 Å². The summed E-state index contributed by atoms with van der Waals surface area (Å²) < 4.78 is 0. The van der Waals surface area contributed by atoms with Gasteiger partial charge in [0.25, 0.3) is 0 Å². The number of hydrogen-bond acceptors (Lipinski definition) is 2. The maximum Gasteiger partial charge on any atom is 0.0405 e. The fourth-order valence-corrected chi connectivity index (χ4v) is 1.12. The van der Waals surface area contributed by atoms with Gasteiger partial charge in [0.15, 0.2) is 0 Å². The molecule has 0 aliphatic rings. The Morgan fingerprint density at radius 1 is 1.55 bits per heavy atom. The summed E-state index contributed by atoms with van der Waals surface area (Å²) in [5.41, 5.74) is 8.35. The molecule has 0 aliphatic heterocycles. The van der Waals surface area contributed by atoms with Crippen molar-refractivity contribution in [1.82, 2.24) is 0 Å². The minimum Gasteiger partial charge on any atom is -0.398 e. The summed E-state index contributed by atoms with van der Waals surface area (Å²) in [7, 11) is 0. The molecule has 0 unspecified atom stereocenters. The van der Waals surface area contributed by atoms with Crippen LogP contribution in [0.5, 0.6) is 0 Å². The molecular formula is C9H12N2. The van der Waals surface area contributed by atoms with Gasteiger partial charge in [0.05, 0.1) is 0 Å². The van der Waals surface area contributed by atoms with Gasteiger partial charge in [0.2, 0.25) is 0 Å². The van der Waals surface area contributed by atoms with E-state index in [4.69, 9.17) is 11.1 Å². The van der Waals surface area contributed by atoms with Crippen LogP contribution in [0.1, 0.15) is 18.1 Å². The van der Waals surface area contributed by atoms with Crippen LogP contribution < -0.4 is 5.73 Å². The number of nitrogens with one attached hydrogen (secondary N) is 1. The van der Waals surface area contributed by atoms with Crippen LogP contribution in [0, 0.1) is 5.41 Å². The number of hydrogen-bond donors (Lipinski definition) is 2. The highest BCUT2D eigenvalue weighted by Crippen LogP contribution is 2.14. The van der Waals surface area contributed by atoms with E-state index in [2.05, 4.69) is 6.92 Å². The van der Waals surface area contributed by atoms with Crippen molar-refractivity contribution in [3.8, 4) is 0 Å². The molecule has 1 aromatic rings. The van der Waals surface area contributed by atoms with Crippen molar-refractivity contribution < 1.29 is 0 Å². The second-order valence-electron chi connectivity index (χ2n) is 2.42. The van der Waals surface area contributed by atoms with Gasteiger partial charge in [-0.25, -0.2) is 0 Å². The van der Waals surface area contributed by atoms with Gasteiger partial charge in [0.1, 0.15) is 0 Å². The summed E-state index contributed by atoms with van der Waals surface area (Å²) in [6.07, 6.45) is 2.24. The summed E-state index contributed by atoms with van der Waals surface area (Å²) in [6, 6.07) is 5.73. The molecule has 58 valence electrons. The summed E-state index contributed by atoms with van der Waals surface area (Å²) in [4.78, 5) is 0. The SMILES string of the molecule is CCc1cccc(N)c1C=N. The van der Waals surface area contributed by atoms with Crippen molar-refractivity contribution in [2.45, 2.75) is 13.3 Å². The maximum absolute atomic E-state index is 7.12. The first kappa shape index (κ1) is 7.79. The number of nitrogens with two attached hydrogens (primary N) is 1. The highest BCUT2D eigenvalue weighted by Gasteiger charge is 1.99. The molecule has 0 saturated carbocycles. The maximum atomic E-state index is 7.12. The predicted octanol–water partition coefficient (Wildman–Crippen LogP) is 1.83. The minimum atomic E-state index is 0.694. The van der Waals surface area contributed by atoms with Gasteiger partial charge in [-0.15, -0.1) is 0 Å². The molecule has 2 nitrogen and oxygen atoms in total. The first-order valence-corrected chi connectivity index (χ1v) is 3.67. The van der Waals surface area contributed by atoms with Crippen molar-refractivity contribution in [2.24, 2.45) is 0 Å². The second kappa shape index (κ2) is 3.19. The molecule has 0 spiro atoms. The number of benzene rings is 1. The van der Waals surface area contributed by atoms with E-state index in [0.717, 1.165) is 17.5 Å². The van der Waals surface area contributed by atoms with E-state index in [1.165, 1.54) is 6.21 Å². The van der Waals surface area contributed by atoms with E-state index >= 15 is 0 Å². The number of aryl methyl sites for hydroxylation is 1. The number of rotatable bonds is 2. The molecule has 0 amide bonds. The van der Waals surface area contributed by atoms with E-state index in [1.807, 2.05) is 18.2 Å². The highest BCUT2D eigenvalue weighted by atomic mass is 14.6. The number of nitrogen functional groups attached to an aromatic ring is 1. The van der Waals surface area contributed by atoms with E-state index in [0.29, 0.717) is 5.69 Å². The lowest BCUT2D eigenvalue weighted by atomic mass is 10.0. The van der Waals surface area contributed by atoms with Crippen molar-refractivity contribution in [1.29, 1.82) is 5.41 Å². The van der Waals surface area contributed by atoms with E-state index < -0.39 is 0 Å². The van der Waals surface area contributed by atoms with Crippen LogP contribution in [0.3, 0.4) is 0 Å². The van der Waals surface area contributed by atoms with Gasteiger partial charge < -0.3 is 11.1 Å². The van der Waals surface area contributed by atoms with Crippen molar-refractivity contribution >= 4 is 11.9 Å². The molecule has 0 bridgehead atoms. The van der Waals surface area contributed by atoms with Crippen LogP contribution in [-0.4, -0.2) is 6.21 Å². The number of anilines is 1. The molecule has 0 aliphatic carbocycles. The average Bonchev–Trinajstić information content (AvgIpc) is 2.04. The van der Waals surface area contributed by atoms with Crippen LogP contribution in [0.25, 0.3) is 0 Å². The molecule has 3 N–H and O–H groups in total. The Hall–Kier alpha value is -1.31. The van der Waals surface area contributed by atoms with Gasteiger partial charge >= 0.3 is 0 Å². The molecule has 2 heteroatoms. The minimum absolute atomic E-state index is 0.694. The lowest BCUT2D eigenvalue weighted by Crippen LogP contribution is -1.97. The fourth-order valence-electron chi connectivity index (χ4n) is 1.12. The third-order valence-electron chi connectivity index (χ3n) is 1.76. The first-order chi connectivity index (χ1) is 5.29. The van der Waals surface area contributed by atoms with Crippen LogP contribution in [0.4, 0.5) is 5.69 Å². The standard InChI is InChI=1S/C9H12N2/c1-2-7-4-3-5-9(11)8(7)6-10/h3-6,10H,2,11H2,1H3. The molecule has 0 fully saturated rings. The largest absolute Gasteiger partial charge is 0.398 e. The quantitative estimate of drug-likeness (QED) is 0.488. The zero-order valence-corrected chi connectivity index (χ0v) is 6.59. The van der Waals surface area contributed by atoms with Gasteiger partial charge in [-0.05, 0) is 18.1 Å². The molecular weight excluding hydrogens is 136 g/mol. The van der Waals surface area contributed by atoms with Crippen molar-refractivity contribution in [3.05, 3.63) is 29.3 Å². The van der Waals surface area contributed by atoms with Crippen LogP contribution in [0.2, 0.25) is 0 Å². The molecule has 0 aromatic heterocycles. The summed E-state index contributed by atoms with van der Waals surface area (Å²) in [5, 5.41) is 7.12. The monoisotopic (exact) mass is 148 g/mol. The lowest BCUT2D eigenvalue weighted by Gasteiger charge is -2.04. The first-order valence-electron chi connectivity index (χ1n) is 3.67. The van der Waals surface area contributed by atoms with Gasteiger partial charge in [-0.1, -0.05) is 19.1 Å². The predicted molar refractivity (Wildman–Crippen MR) is 48.1 cm³/mol. The van der Waals surface area contributed by atoms with Crippen molar-refractivity contribution in [3.63, 3.8) is 0 Å². The smallest absolute Gasteiger partial charge is 0.0405 e. The Morgan fingerprint density at radius 3 is 2.73 bits per heavy atom. The van der Waals surface area contributed by atoms with E-state index in [-0.39, 0.29) is 0 Å². The average molecular weight is 148 g/mol. The Balaban J connectivity index is 3.24. The Kier molecular flexibility index (Phi) is 2.26. The molecule has 0 saturated heterocycles. The molecule has 1 aromatic carbocycles. The van der Waals surface area contributed by atoms with Crippen LogP contribution in [-0.2, 0) is 6.42 Å². The Bertz CT molecular complexity index is 266. The molecule has 1 rings (SSSR count).